The van der Waals surface area contributed by atoms with Crippen molar-refractivity contribution in [3.05, 3.63) is 120 Å². The van der Waals surface area contributed by atoms with E-state index in [4.69, 9.17) is 5.73 Å². The lowest BCUT2D eigenvalue weighted by Crippen LogP contribution is -2.53. The fraction of sp³-hybridized carbons (Fsp3) is 0.176. The van der Waals surface area contributed by atoms with Gasteiger partial charge in [-0.2, -0.15) is 0 Å². The summed E-state index contributed by atoms with van der Waals surface area (Å²) in [7, 11) is -4.03. The second kappa shape index (κ2) is 12.1. The van der Waals surface area contributed by atoms with Gasteiger partial charge in [0.25, 0.3) is 15.9 Å². The molecule has 5 aromatic rings. The van der Waals surface area contributed by atoms with Crippen molar-refractivity contribution >= 4 is 38.2 Å². The zero-order valence-electron chi connectivity index (χ0n) is 24.2. The van der Waals surface area contributed by atoms with E-state index in [0.29, 0.717) is 59.8 Å². The molecule has 1 aromatic heterocycles. The van der Waals surface area contributed by atoms with E-state index < -0.39 is 10.0 Å². The number of nitrogen functional groups attached to an aromatic ring is 1. The van der Waals surface area contributed by atoms with E-state index in [0.717, 1.165) is 10.9 Å². The van der Waals surface area contributed by atoms with Crippen LogP contribution in [0.1, 0.15) is 22.8 Å². The standard InChI is InChI=1S/C34H32FN5O3S/c1-23-21-39(22-24-7-11-27(35)12-8-24)18-19-40(23)34(41)26-9-14-29(15-10-26)38-44(42,43)32-16-13-28(36)20-31(32)30-6-2-4-25-5-3-17-37-33(25)30/h2-17,20,23,38H,18-19,21-22,36H2,1H3/t23-/m0/s1. The maximum Gasteiger partial charge on any atom is 0.262 e. The molecule has 1 saturated heterocycles. The molecule has 4 aromatic carbocycles. The van der Waals surface area contributed by atoms with Crippen LogP contribution in [0.5, 0.6) is 0 Å². The van der Waals surface area contributed by atoms with E-state index in [9.17, 15) is 17.6 Å². The molecule has 1 atom stereocenters. The number of anilines is 2. The molecule has 0 radical (unpaired) electrons. The Morgan fingerprint density at radius 3 is 2.45 bits per heavy atom. The summed E-state index contributed by atoms with van der Waals surface area (Å²) in [5.74, 6) is -0.373. The number of nitrogens with two attached hydrogens (primary N) is 1. The van der Waals surface area contributed by atoms with Crippen molar-refractivity contribution in [2.45, 2.75) is 24.4 Å². The molecule has 44 heavy (non-hydrogen) atoms. The number of carbonyl (C=O) groups is 1. The highest BCUT2D eigenvalue weighted by molar-refractivity contribution is 7.92. The fourth-order valence-electron chi connectivity index (χ4n) is 5.70. The smallest absolute Gasteiger partial charge is 0.262 e. The van der Waals surface area contributed by atoms with Crippen LogP contribution in [0.4, 0.5) is 15.8 Å². The summed E-state index contributed by atoms with van der Waals surface area (Å²) in [5, 5.41) is 0.882. The number of carbonyl (C=O) groups excluding carboxylic acids is 1. The highest BCUT2D eigenvalue weighted by atomic mass is 32.2. The zero-order chi connectivity index (χ0) is 30.8. The Morgan fingerprint density at radius 1 is 0.955 bits per heavy atom. The van der Waals surface area contributed by atoms with E-state index in [1.165, 1.54) is 18.2 Å². The summed E-state index contributed by atoms with van der Waals surface area (Å²) < 4.78 is 43.2. The van der Waals surface area contributed by atoms with E-state index in [1.54, 1.807) is 54.7 Å². The van der Waals surface area contributed by atoms with Gasteiger partial charge in [-0.1, -0.05) is 36.4 Å². The third kappa shape index (κ3) is 6.13. The lowest BCUT2D eigenvalue weighted by Gasteiger charge is -2.40. The minimum Gasteiger partial charge on any atom is -0.399 e. The maximum absolute atomic E-state index is 13.7. The summed E-state index contributed by atoms with van der Waals surface area (Å²) in [4.78, 5) is 22.0. The first-order valence-corrected chi connectivity index (χ1v) is 15.8. The number of nitrogens with zero attached hydrogens (tertiary/aromatic N) is 3. The number of benzene rings is 4. The first-order chi connectivity index (χ1) is 21.2. The number of pyridine rings is 1. The third-order valence-corrected chi connectivity index (χ3v) is 9.33. The molecule has 3 N–H and O–H groups in total. The predicted octanol–water partition coefficient (Wildman–Crippen LogP) is 5.77. The SMILES string of the molecule is C[C@H]1CN(Cc2ccc(F)cc2)CCN1C(=O)c1ccc(NS(=O)(=O)c2ccc(N)cc2-c2cccc3cccnc23)cc1. The number of hydrogen-bond acceptors (Lipinski definition) is 6. The van der Waals surface area contributed by atoms with Crippen molar-refractivity contribution in [3.8, 4) is 11.1 Å². The van der Waals surface area contributed by atoms with Crippen molar-refractivity contribution in [1.82, 2.24) is 14.8 Å². The molecular formula is C34H32FN5O3S. The average molecular weight is 610 g/mol. The Morgan fingerprint density at radius 2 is 1.70 bits per heavy atom. The van der Waals surface area contributed by atoms with Gasteiger partial charge < -0.3 is 10.6 Å². The third-order valence-electron chi connectivity index (χ3n) is 7.89. The topological polar surface area (TPSA) is 109 Å². The number of nitrogens with one attached hydrogen (secondary N) is 1. The van der Waals surface area contributed by atoms with Crippen molar-refractivity contribution in [1.29, 1.82) is 0 Å². The first-order valence-electron chi connectivity index (χ1n) is 14.3. The van der Waals surface area contributed by atoms with Crippen LogP contribution in [0.2, 0.25) is 0 Å². The highest BCUT2D eigenvalue weighted by Crippen LogP contribution is 2.34. The number of hydrogen-bond donors (Lipinski definition) is 2. The molecule has 0 aliphatic carbocycles. The monoisotopic (exact) mass is 609 g/mol. The number of aromatic nitrogens is 1. The first kappa shape index (κ1) is 29.3. The fourth-order valence-corrected chi connectivity index (χ4v) is 6.96. The number of halogens is 1. The quantitative estimate of drug-likeness (QED) is 0.227. The van der Waals surface area contributed by atoms with Crippen molar-refractivity contribution < 1.29 is 17.6 Å². The van der Waals surface area contributed by atoms with Crippen LogP contribution in [-0.4, -0.2) is 54.8 Å². The van der Waals surface area contributed by atoms with Crippen LogP contribution in [0, 0.1) is 5.82 Å². The van der Waals surface area contributed by atoms with Crippen molar-refractivity contribution in [2.24, 2.45) is 0 Å². The van der Waals surface area contributed by atoms with Gasteiger partial charge in [-0.3, -0.25) is 19.4 Å². The summed E-state index contributed by atoms with van der Waals surface area (Å²) in [5.41, 5.74) is 10.1. The normalized spacial score (nSPS) is 15.8. The van der Waals surface area contributed by atoms with Crippen LogP contribution < -0.4 is 10.5 Å². The Balaban J connectivity index is 1.17. The lowest BCUT2D eigenvalue weighted by molar-refractivity contribution is 0.0475. The average Bonchev–Trinajstić information content (AvgIpc) is 3.02. The van der Waals surface area contributed by atoms with Gasteiger partial charge in [0.1, 0.15) is 5.82 Å². The highest BCUT2D eigenvalue weighted by Gasteiger charge is 2.28. The molecule has 10 heteroatoms. The van der Waals surface area contributed by atoms with Crippen molar-refractivity contribution in [2.75, 3.05) is 30.1 Å². The van der Waals surface area contributed by atoms with Gasteiger partial charge in [0.15, 0.2) is 0 Å². The molecule has 1 fully saturated rings. The van der Waals surface area contributed by atoms with Crippen LogP contribution in [-0.2, 0) is 16.6 Å². The molecule has 0 unspecified atom stereocenters. The van der Waals surface area contributed by atoms with Gasteiger partial charge in [-0.15, -0.1) is 0 Å². The number of fused-ring (bicyclic) bond motifs is 1. The number of amides is 1. The molecule has 8 nitrogen and oxygen atoms in total. The molecule has 0 saturated carbocycles. The number of sulfonamides is 1. The van der Waals surface area contributed by atoms with Gasteiger partial charge in [-0.05, 0) is 73.2 Å². The summed E-state index contributed by atoms with van der Waals surface area (Å²) in [6.45, 7) is 4.64. The number of piperazine rings is 1. The Hall–Kier alpha value is -4.80. The molecule has 1 amide bonds. The predicted molar refractivity (Wildman–Crippen MR) is 171 cm³/mol. The molecule has 2 heterocycles. The molecular weight excluding hydrogens is 577 g/mol. The van der Waals surface area contributed by atoms with E-state index in [1.807, 2.05) is 42.2 Å². The Labute approximate surface area is 256 Å². The van der Waals surface area contributed by atoms with Crippen LogP contribution in [0.15, 0.2) is 108 Å². The summed E-state index contributed by atoms with van der Waals surface area (Å²) in [6, 6.07) is 26.9. The summed E-state index contributed by atoms with van der Waals surface area (Å²) >= 11 is 0. The van der Waals surface area contributed by atoms with E-state index >= 15 is 0 Å². The number of rotatable bonds is 7. The van der Waals surface area contributed by atoms with Gasteiger partial charge in [0.05, 0.1) is 10.4 Å². The minimum absolute atomic E-state index is 0.0256. The van der Waals surface area contributed by atoms with Crippen molar-refractivity contribution in [3.63, 3.8) is 0 Å². The van der Waals surface area contributed by atoms with Crippen LogP contribution >= 0.6 is 0 Å². The molecule has 0 bridgehead atoms. The Kier molecular flexibility index (Phi) is 8.03. The molecule has 0 spiro atoms. The molecule has 6 rings (SSSR count). The van der Waals surface area contributed by atoms with Gasteiger partial charge in [0.2, 0.25) is 0 Å². The Bertz CT molecular complexity index is 1930. The molecule has 1 aliphatic rings. The maximum atomic E-state index is 13.7. The number of para-hydroxylation sites is 1. The largest absolute Gasteiger partial charge is 0.399 e. The van der Waals surface area contributed by atoms with E-state index in [-0.39, 0.29) is 22.7 Å². The van der Waals surface area contributed by atoms with Gasteiger partial charge >= 0.3 is 0 Å². The second-order valence-corrected chi connectivity index (χ2v) is 12.7. The minimum atomic E-state index is -4.03. The van der Waals surface area contributed by atoms with Gasteiger partial charge in [0, 0.05) is 71.9 Å². The van der Waals surface area contributed by atoms with Crippen LogP contribution in [0.25, 0.3) is 22.0 Å². The van der Waals surface area contributed by atoms with E-state index in [2.05, 4.69) is 14.6 Å². The second-order valence-electron chi connectivity index (χ2n) is 11.0. The van der Waals surface area contributed by atoms with Gasteiger partial charge in [-0.25, -0.2) is 12.8 Å². The van der Waals surface area contributed by atoms with Crippen LogP contribution in [0.3, 0.4) is 0 Å². The molecule has 224 valence electrons. The lowest BCUT2D eigenvalue weighted by atomic mass is 10.0. The summed E-state index contributed by atoms with van der Waals surface area (Å²) in [6.07, 6.45) is 1.67. The zero-order valence-corrected chi connectivity index (χ0v) is 25.0. The molecule has 1 aliphatic heterocycles.